The third kappa shape index (κ3) is 3.59. The summed E-state index contributed by atoms with van der Waals surface area (Å²) in [7, 11) is 3.08. The van der Waals surface area contributed by atoms with E-state index in [2.05, 4.69) is 4.98 Å². The highest BCUT2D eigenvalue weighted by molar-refractivity contribution is 5.78. The lowest BCUT2D eigenvalue weighted by atomic mass is 10.1. The van der Waals surface area contributed by atoms with Gasteiger partial charge in [-0.2, -0.15) is 0 Å². The summed E-state index contributed by atoms with van der Waals surface area (Å²) in [5.41, 5.74) is 5.16. The van der Waals surface area contributed by atoms with E-state index in [0.29, 0.717) is 17.9 Å². The summed E-state index contributed by atoms with van der Waals surface area (Å²) in [6, 6.07) is 8.54. The average Bonchev–Trinajstić information content (AvgIpc) is 2.70. The highest BCUT2D eigenvalue weighted by Crippen LogP contribution is 2.27. The molecule has 2 heterocycles. The van der Waals surface area contributed by atoms with Gasteiger partial charge in [0.05, 0.1) is 19.6 Å². The molecule has 0 aliphatic rings. The zero-order valence-corrected chi connectivity index (χ0v) is 15.5. The Labute approximate surface area is 159 Å². The lowest BCUT2D eigenvalue weighted by molar-refractivity contribution is -0.118. The zero-order valence-electron chi connectivity index (χ0n) is 15.5. The number of methoxy groups -OCH3 is 2. The van der Waals surface area contributed by atoms with Gasteiger partial charge in [-0.3, -0.25) is 18.7 Å². The van der Waals surface area contributed by atoms with Crippen LogP contribution in [0.2, 0.25) is 0 Å². The van der Waals surface area contributed by atoms with Crippen molar-refractivity contribution >= 4 is 16.9 Å². The van der Waals surface area contributed by atoms with Crippen molar-refractivity contribution in [3.05, 3.63) is 62.9 Å². The Morgan fingerprint density at radius 2 is 1.86 bits per heavy atom. The third-order valence-electron chi connectivity index (χ3n) is 4.37. The molecule has 0 saturated carbocycles. The number of aryl methyl sites for hydroxylation is 1. The lowest BCUT2D eigenvalue weighted by Gasteiger charge is -2.13. The molecule has 28 heavy (non-hydrogen) atoms. The van der Waals surface area contributed by atoms with Gasteiger partial charge in [-0.05, 0) is 36.2 Å². The lowest BCUT2D eigenvalue weighted by Crippen LogP contribution is -2.42. The van der Waals surface area contributed by atoms with E-state index >= 15 is 0 Å². The van der Waals surface area contributed by atoms with Crippen molar-refractivity contribution in [2.24, 2.45) is 5.73 Å². The SMILES string of the molecule is COc1ccc(CCn2c(=O)c3cccnc3n(CC(N)=O)c2=O)cc1OC. The number of primary amides is 1. The number of aromatic nitrogens is 3. The van der Waals surface area contributed by atoms with E-state index in [1.807, 2.05) is 6.07 Å². The summed E-state index contributed by atoms with van der Waals surface area (Å²) in [6.07, 6.45) is 1.85. The number of fused-ring (bicyclic) bond motifs is 1. The molecule has 2 aromatic heterocycles. The van der Waals surface area contributed by atoms with Crippen LogP contribution in [0.15, 0.2) is 46.1 Å². The van der Waals surface area contributed by atoms with Crippen molar-refractivity contribution in [1.29, 1.82) is 0 Å². The second-order valence-electron chi connectivity index (χ2n) is 6.11. The van der Waals surface area contributed by atoms with E-state index in [4.69, 9.17) is 15.2 Å². The Morgan fingerprint density at radius 1 is 1.11 bits per heavy atom. The van der Waals surface area contributed by atoms with Gasteiger partial charge in [0, 0.05) is 12.7 Å². The second-order valence-corrected chi connectivity index (χ2v) is 6.11. The number of nitrogens with zero attached hydrogens (tertiary/aromatic N) is 3. The summed E-state index contributed by atoms with van der Waals surface area (Å²) in [5, 5.41) is 0.246. The maximum absolute atomic E-state index is 12.8. The summed E-state index contributed by atoms with van der Waals surface area (Å²) in [5.74, 6) is 0.448. The summed E-state index contributed by atoms with van der Waals surface area (Å²) < 4.78 is 12.7. The van der Waals surface area contributed by atoms with Gasteiger partial charge < -0.3 is 15.2 Å². The first-order chi connectivity index (χ1) is 13.5. The smallest absolute Gasteiger partial charge is 0.333 e. The molecule has 3 aromatic rings. The molecule has 1 amide bonds. The largest absolute Gasteiger partial charge is 0.493 e. The predicted octanol–water partition coefficient (Wildman–Crippen LogP) is 0.303. The van der Waals surface area contributed by atoms with Crippen LogP contribution in [-0.2, 0) is 24.3 Å². The van der Waals surface area contributed by atoms with Gasteiger partial charge in [0.25, 0.3) is 5.56 Å². The first-order valence-corrected chi connectivity index (χ1v) is 8.53. The molecule has 0 atom stereocenters. The quantitative estimate of drug-likeness (QED) is 0.626. The van der Waals surface area contributed by atoms with Crippen molar-refractivity contribution in [2.45, 2.75) is 19.5 Å². The molecule has 9 heteroatoms. The number of hydrogen-bond donors (Lipinski definition) is 1. The fourth-order valence-electron chi connectivity index (χ4n) is 3.02. The Balaban J connectivity index is 2.03. The maximum Gasteiger partial charge on any atom is 0.333 e. The minimum absolute atomic E-state index is 0.122. The number of nitrogens with two attached hydrogens (primary N) is 1. The molecule has 2 N–H and O–H groups in total. The fraction of sp³-hybridized carbons (Fsp3) is 0.263. The number of pyridine rings is 1. The standard InChI is InChI=1S/C19H20N4O5/c1-27-14-6-5-12(10-15(14)28-2)7-9-22-18(25)13-4-3-8-21-17(13)23(19(22)26)11-16(20)24/h3-6,8,10H,7,9,11H2,1-2H3,(H2,20,24). The summed E-state index contributed by atoms with van der Waals surface area (Å²) in [6.45, 7) is -0.236. The molecule has 0 unspecified atom stereocenters. The molecule has 0 saturated heterocycles. The van der Waals surface area contributed by atoms with Gasteiger partial charge in [-0.1, -0.05) is 6.07 Å². The second kappa shape index (κ2) is 7.95. The average molecular weight is 384 g/mol. The maximum atomic E-state index is 12.8. The van der Waals surface area contributed by atoms with E-state index in [9.17, 15) is 14.4 Å². The number of amides is 1. The number of benzene rings is 1. The third-order valence-corrected chi connectivity index (χ3v) is 4.37. The van der Waals surface area contributed by atoms with Gasteiger partial charge >= 0.3 is 5.69 Å². The van der Waals surface area contributed by atoms with Crippen LogP contribution in [0.25, 0.3) is 11.0 Å². The monoisotopic (exact) mass is 384 g/mol. The number of hydrogen-bond acceptors (Lipinski definition) is 6. The van der Waals surface area contributed by atoms with Crippen LogP contribution in [0.5, 0.6) is 11.5 Å². The highest BCUT2D eigenvalue weighted by atomic mass is 16.5. The molecule has 9 nitrogen and oxygen atoms in total. The predicted molar refractivity (Wildman–Crippen MR) is 103 cm³/mol. The molecule has 1 aromatic carbocycles. The molecule has 0 bridgehead atoms. The van der Waals surface area contributed by atoms with E-state index < -0.39 is 17.2 Å². The Morgan fingerprint density at radius 3 is 2.54 bits per heavy atom. The van der Waals surface area contributed by atoms with Crippen LogP contribution in [0.4, 0.5) is 0 Å². The van der Waals surface area contributed by atoms with E-state index in [1.165, 1.54) is 13.3 Å². The number of carbonyl (C=O) groups excluding carboxylic acids is 1. The molecule has 0 spiro atoms. The van der Waals surface area contributed by atoms with Crippen LogP contribution >= 0.6 is 0 Å². The van der Waals surface area contributed by atoms with E-state index in [-0.39, 0.29) is 24.1 Å². The van der Waals surface area contributed by atoms with Crippen LogP contribution in [0, 0.1) is 0 Å². The van der Waals surface area contributed by atoms with Crippen molar-refractivity contribution < 1.29 is 14.3 Å². The Bertz CT molecular complexity index is 1150. The normalized spacial score (nSPS) is 10.8. The van der Waals surface area contributed by atoms with Crippen LogP contribution in [0.3, 0.4) is 0 Å². The molecule has 0 aliphatic carbocycles. The van der Waals surface area contributed by atoms with Crippen molar-refractivity contribution in [2.75, 3.05) is 14.2 Å². The minimum Gasteiger partial charge on any atom is -0.493 e. The number of carbonyl (C=O) groups is 1. The van der Waals surface area contributed by atoms with Crippen molar-refractivity contribution in [3.8, 4) is 11.5 Å². The molecule has 0 radical (unpaired) electrons. The molecular weight excluding hydrogens is 364 g/mol. The topological polar surface area (TPSA) is 118 Å². The Kier molecular flexibility index (Phi) is 5.44. The van der Waals surface area contributed by atoms with Gasteiger partial charge in [0.15, 0.2) is 11.5 Å². The first-order valence-electron chi connectivity index (χ1n) is 8.53. The molecule has 146 valence electrons. The van der Waals surface area contributed by atoms with Crippen LogP contribution < -0.4 is 26.5 Å². The minimum atomic E-state index is -0.695. The number of rotatable bonds is 7. The van der Waals surface area contributed by atoms with E-state index in [0.717, 1.165) is 14.7 Å². The molecular formula is C19H20N4O5. The van der Waals surface area contributed by atoms with Gasteiger partial charge in [0.1, 0.15) is 12.2 Å². The van der Waals surface area contributed by atoms with E-state index in [1.54, 1.807) is 31.4 Å². The molecule has 0 fully saturated rings. The zero-order chi connectivity index (χ0) is 20.3. The molecule has 3 rings (SSSR count). The first kappa shape index (κ1) is 19.2. The highest BCUT2D eigenvalue weighted by Gasteiger charge is 2.15. The Hall–Kier alpha value is -3.62. The molecule has 0 aliphatic heterocycles. The van der Waals surface area contributed by atoms with Crippen molar-refractivity contribution in [3.63, 3.8) is 0 Å². The summed E-state index contributed by atoms with van der Waals surface area (Å²) in [4.78, 5) is 41.1. The van der Waals surface area contributed by atoms with Gasteiger partial charge in [-0.15, -0.1) is 0 Å². The van der Waals surface area contributed by atoms with Crippen LogP contribution in [-0.4, -0.2) is 34.2 Å². The number of ether oxygens (including phenoxy) is 2. The fourth-order valence-corrected chi connectivity index (χ4v) is 3.02. The van der Waals surface area contributed by atoms with Gasteiger partial charge in [0.2, 0.25) is 5.91 Å². The van der Waals surface area contributed by atoms with Crippen molar-refractivity contribution in [1.82, 2.24) is 14.1 Å². The summed E-state index contributed by atoms with van der Waals surface area (Å²) >= 11 is 0. The van der Waals surface area contributed by atoms with Gasteiger partial charge in [-0.25, -0.2) is 9.78 Å². The van der Waals surface area contributed by atoms with Crippen LogP contribution in [0.1, 0.15) is 5.56 Å².